The van der Waals surface area contributed by atoms with Crippen molar-refractivity contribution in [2.45, 2.75) is 18.2 Å². The Kier molecular flexibility index (Phi) is 3.94. The van der Waals surface area contributed by atoms with E-state index in [0.29, 0.717) is 5.69 Å². The molecule has 0 unspecified atom stereocenters. The van der Waals surface area contributed by atoms with E-state index in [1.54, 1.807) is 18.2 Å². The van der Waals surface area contributed by atoms with Gasteiger partial charge in [-0.25, -0.2) is 12.8 Å². The molecule has 2 rings (SSSR count). The van der Waals surface area contributed by atoms with Gasteiger partial charge in [0.1, 0.15) is 10.7 Å². The van der Waals surface area contributed by atoms with Crippen molar-refractivity contribution in [1.82, 2.24) is 0 Å². The third kappa shape index (κ3) is 3.08. The van der Waals surface area contributed by atoms with Crippen LogP contribution in [-0.4, -0.2) is 8.42 Å². The standard InChI is InChI=1S/C14H15FN2O2S/c1-2-10-4-3-5-12(8-10)17-20(18,19)14-9-11(16)6-7-13(14)15/h3-9,17H,2,16H2,1H3. The van der Waals surface area contributed by atoms with Crippen LogP contribution in [0.3, 0.4) is 0 Å². The number of aryl methyl sites for hydroxylation is 1. The number of nitrogen functional groups attached to an aromatic ring is 1. The van der Waals surface area contributed by atoms with Crippen LogP contribution in [0.5, 0.6) is 0 Å². The molecule has 0 saturated carbocycles. The third-order valence-electron chi connectivity index (χ3n) is 2.83. The van der Waals surface area contributed by atoms with Crippen LogP contribution in [0.4, 0.5) is 15.8 Å². The molecule has 3 N–H and O–H groups in total. The van der Waals surface area contributed by atoms with Gasteiger partial charge < -0.3 is 5.73 Å². The van der Waals surface area contributed by atoms with E-state index in [2.05, 4.69) is 4.72 Å². The first-order valence-electron chi connectivity index (χ1n) is 6.09. The minimum absolute atomic E-state index is 0.189. The number of sulfonamides is 1. The molecule has 0 atom stereocenters. The first-order chi connectivity index (χ1) is 9.42. The van der Waals surface area contributed by atoms with Crippen LogP contribution in [0.2, 0.25) is 0 Å². The van der Waals surface area contributed by atoms with E-state index in [9.17, 15) is 12.8 Å². The number of nitrogens with two attached hydrogens (primary N) is 1. The fraction of sp³-hybridized carbons (Fsp3) is 0.143. The topological polar surface area (TPSA) is 72.2 Å². The van der Waals surface area contributed by atoms with Crippen LogP contribution in [0.1, 0.15) is 12.5 Å². The molecule has 20 heavy (non-hydrogen) atoms. The normalized spacial score (nSPS) is 11.3. The van der Waals surface area contributed by atoms with Gasteiger partial charge in [0.05, 0.1) is 0 Å². The minimum atomic E-state index is -4.00. The molecule has 0 heterocycles. The van der Waals surface area contributed by atoms with Crippen LogP contribution in [0, 0.1) is 5.82 Å². The maximum atomic E-state index is 13.6. The molecule has 0 saturated heterocycles. The van der Waals surface area contributed by atoms with Crippen LogP contribution < -0.4 is 10.5 Å². The second-order valence-corrected chi connectivity index (χ2v) is 6.00. The van der Waals surface area contributed by atoms with Crippen molar-refractivity contribution in [3.8, 4) is 0 Å². The highest BCUT2D eigenvalue weighted by atomic mass is 32.2. The summed E-state index contributed by atoms with van der Waals surface area (Å²) >= 11 is 0. The van der Waals surface area contributed by atoms with Gasteiger partial charge in [-0.15, -0.1) is 0 Å². The Morgan fingerprint density at radius 1 is 1.20 bits per heavy atom. The zero-order valence-electron chi connectivity index (χ0n) is 10.9. The monoisotopic (exact) mass is 294 g/mol. The van der Waals surface area contributed by atoms with Crippen molar-refractivity contribution in [3.63, 3.8) is 0 Å². The van der Waals surface area contributed by atoms with E-state index >= 15 is 0 Å². The summed E-state index contributed by atoms with van der Waals surface area (Å²) in [5.74, 6) is -0.835. The highest BCUT2D eigenvalue weighted by Crippen LogP contribution is 2.21. The SMILES string of the molecule is CCc1cccc(NS(=O)(=O)c2cc(N)ccc2F)c1. The van der Waals surface area contributed by atoms with E-state index in [-0.39, 0.29) is 5.69 Å². The number of benzene rings is 2. The molecule has 4 nitrogen and oxygen atoms in total. The molecular weight excluding hydrogens is 279 g/mol. The quantitative estimate of drug-likeness (QED) is 0.852. The molecule has 0 aliphatic heterocycles. The van der Waals surface area contributed by atoms with E-state index in [1.807, 2.05) is 13.0 Å². The Labute approximate surface area is 117 Å². The second-order valence-electron chi connectivity index (χ2n) is 4.35. The lowest BCUT2D eigenvalue weighted by Crippen LogP contribution is -2.15. The number of rotatable bonds is 4. The molecule has 0 amide bonds. The Bertz CT molecular complexity index is 730. The van der Waals surface area contributed by atoms with Gasteiger partial charge in [-0.2, -0.15) is 0 Å². The van der Waals surface area contributed by atoms with Crippen molar-refractivity contribution >= 4 is 21.4 Å². The fourth-order valence-corrected chi connectivity index (χ4v) is 2.95. The molecule has 0 radical (unpaired) electrons. The Balaban J connectivity index is 2.38. The summed E-state index contributed by atoms with van der Waals surface area (Å²) in [6.45, 7) is 1.96. The summed E-state index contributed by atoms with van der Waals surface area (Å²) in [6, 6.07) is 10.4. The van der Waals surface area contributed by atoms with Crippen LogP contribution in [0.15, 0.2) is 47.4 Å². The lowest BCUT2D eigenvalue weighted by molar-refractivity contribution is 0.570. The number of hydrogen-bond acceptors (Lipinski definition) is 3. The van der Waals surface area contributed by atoms with Gasteiger partial charge in [0.25, 0.3) is 10.0 Å². The van der Waals surface area contributed by atoms with Gasteiger partial charge in [-0.3, -0.25) is 4.72 Å². The highest BCUT2D eigenvalue weighted by Gasteiger charge is 2.19. The number of halogens is 1. The zero-order chi connectivity index (χ0) is 14.8. The highest BCUT2D eigenvalue weighted by molar-refractivity contribution is 7.92. The van der Waals surface area contributed by atoms with Crippen LogP contribution >= 0.6 is 0 Å². The molecule has 6 heteroatoms. The van der Waals surface area contributed by atoms with Crippen LogP contribution in [0.25, 0.3) is 0 Å². The van der Waals surface area contributed by atoms with Gasteiger partial charge >= 0.3 is 0 Å². The molecule has 0 aliphatic carbocycles. The predicted molar refractivity (Wildman–Crippen MR) is 77.4 cm³/mol. The summed E-state index contributed by atoms with van der Waals surface area (Å²) < 4.78 is 40.3. The van der Waals surface area contributed by atoms with Crippen molar-refractivity contribution in [2.24, 2.45) is 0 Å². The Morgan fingerprint density at radius 3 is 2.65 bits per heavy atom. The first-order valence-corrected chi connectivity index (χ1v) is 7.57. The second kappa shape index (κ2) is 5.50. The van der Waals surface area contributed by atoms with Crippen LogP contribution in [-0.2, 0) is 16.4 Å². The van der Waals surface area contributed by atoms with E-state index in [4.69, 9.17) is 5.73 Å². The average molecular weight is 294 g/mol. The molecule has 0 aliphatic rings. The maximum Gasteiger partial charge on any atom is 0.264 e. The largest absolute Gasteiger partial charge is 0.399 e. The van der Waals surface area contributed by atoms with Gasteiger partial charge in [-0.1, -0.05) is 19.1 Å². The fourth-order valence-electron chi connectivity index (χ4n) is 1.79. The molecule has 0 bridgehead atoms. The smallest absolute Gasteiger partial charge is 0.264 e. The van der Waals surface area contributed by atoms with E-state index in [0.717, 1.165) is 24.1 Å². The maximum absolute atomic E-state index is 13.6. The predicted octanol–water partition coefficient (Wildman–Crippen LogP) is 2.77. The zero-order valence-corrected chi connectivity index (χ0v) is 11.7. The Morgan fingerprint density at radius 2 is 1.95 bits per heavy atom. The molecule has 0 spiro atoms. The Hall–Kier alpha value is -2.08. The average Bonchev–Trinajstić information content (AvgIpc) is 2.41. The molecule has 2 aromatic carbocycles. The number of anilines is 2. The van der Waals surface area contributed by atoms with Crippen molar-refractivity contribution in [3.05, 3.63) is 53.8 Å². The van der Waals surface area contributed by atoms with Gasteiger partial charge in [0, 0.05) is 11.4 Å². The third-order valence-corrected chi connectivity index (χ3v) is 4.23. The number of hydrogen-bond donors (Lipinski definition) is 2. The molecular formula is C14H15FN2O2S. The van der Waals surface area contributed by atoms with Gasteiger partial charge in [0.2, 0.25) is 0 Å². The van der Waals surface area contributed by atoms with Gasteiger partial charge in [0.15, 0.2) is 0 Å². The minimum Gasteiger partial charge on any atom is -0.399 e. The van der Waals surface area contributed by atoms with E-state index in [1.165, 1.54) is 6.07 Å². The summed E-state index contributed by atoms with van der Waals surface area (Å²) in [4.78, 5) is -0.459. The first kappa shape index (κ1) is 14.3. The summed E-state index contributed by atoms with van der Waals surface area (Å²) in [7, 11) is -4.00. The van der Waals surface area contributed by atoms with E-state index < -0.39 is 20.7 Å². The summed E-state index contributed by atoms with van der Waals surface area (Å²) in [5, 5.41) is 0. The lowest BCUT2D eigenvalue weighted by atomic mass is 10.1. The van der Waals surface area contributed by atoms with Gasteiger partial charge in [-0.05, 0) is 42.3 Å². The molecule has 2 aromatic rings. The summed E-state index contributed by atoms with van der Waals surface area (Å²) in [5.41, 5.74) is 7.07. The van der Waals surface area contributed by atoms with Crippen molar-refractivity contribution in [1.29, 1.82) is 0 Å². The van der Waals surface area contributed by atoms with Crippen molar-refractivity contribution in [2.75, 3.05) is 10.5 Å². The molecule has 0 aromatic heterocycles. The molecule has 0 fully saturated rings. The van der Waals surface area contributed by atoms with Crippen molar-refractivity contribution < 1.29 is 12.8 Å². The lowest BCUT2D eigenvalue weighted by Gasteiger charge is -2.10. The summed E-state index contributed by atoms with van der Waals surface area (Å²) in [6.07, 6.45) is 0.780. The number of nitrogens with one attached hydrogen (secondary N) is 1. The molecule has 106 valence electrons.